The molecule has 1 N–H and O–H groups in total. The molecule has 2 aromatic carbocycles. The van der Waals surface area contributed by atoms with E-state index in [0.29, 0.717) is 19.0 Å². The van der Waals surface area contributed by atoms with Gasteiger partial charge in [0.25, 0.3) is 0 Å². The monoisotopic (exact) mass is 286 g/mol. The molecule has 0 aliphatic heterocycles. The van der Waals surface area contributed by atoms with Crippen LogP contribution in [0.1, 0.15) is 28.4 Å². The van der Waals surface area contributed by atoms with Crippen molar-refractivity contribution in [3.63, 3.8) is 0 Å². The molecule has 0 aliphatic rings. The van der Waals surface area contributed by atoms with Crippen molar-refractivity contribution >= 4 is 0 Å². The molecule has 0 saturated carbocycles. The smallest absolute Gasteiger partial charge is 0.125 e. The third-order valence-electron chi connectivity index (χ3n) is 3.48. The third-order valence-corrected chi connectivity index (χ3v) is 3.48. The summed E-state index contributed by atoms with van der Waals surface area (Å²) in [6.45, 7) is 5.05. The van der Waals surface area contributed by atoms with Gasteiger partial charge in [-0.05, 0) is 31.0 Å². The van der Waals surface area contributed by atoms with Crippen LogP contribution in [0.3, 0.4) is 0 Å². The topological polar surface area (TPSA) is 38.7 Å². The van der Waals surface area contributed by atoms with Crippen molar-refractivity contribution in [2.24, 2.45) is 0 Å². The third kappa shape index (κ3) is 3.84. The lowest BCUT2D eigenvalue weighted by Crippen LogP contribution is -2.09. The lowest BCUT2D eigenvalue weighted by atomic mass is 9.95. The van der Waals surface area contributed by atoms with Gasteiger partial charge in [-0.2, -0.15) is 0 Å². The van der Waals surface area contributed by atoms with Gasteiger partial charge in [0.15, 0.2) is 0 Å². The molecule has 1 atom stereocenters. The van der Waals surface area contributed by atoms with Crippen LogP contribution < -0.4 is 4.74 Å². The molecule has 0 aliphatic carbocycles. The van der Waals surface area contributed by atoms with Gasteiger partial charge in [0.2, 0.25) is 0 Å². The lowest BCUT2D eigenvalue weighted by molar-refractivity contribution is 0.142. The Balaban J connectivity index is 2.27. The number of benzene rings is 2. The molecular weight excluding hydrogens is 264 g/mol. The van der Waals surface area contributed by atoms with Crippen molar-refractivity contribution in [1.82, 2.24) is 0 Å². The van der Waals surface area contributed by atoms with E-state index in [1.54, 1.807) is 7.11 Å². The Morgan fingerprint density at radius 2 is 1.76 bits per heavy atom. The molecular formula is C18H22O3. The van der Waals surface area contributed by atoms with E-state index >= 15 is 0 Å². The number of methoxy groups -OCH3 is 1. The minimum absolute atomic E-state index is 0.465. The normalized spacial score (nSPS) is 12.2. The van der Waals surface area contributed by atoms with Gasteiger partial charge in [0, 0.05) is 12.7 Å². The van der Waals surface area contributed by atoms with Crippen LogP contribution in [-0.4, -0.2) is 25.4 Å². The molecule has 0 spiro atoms. The molecule has 21 heavy (non-hydrogen) atoms. The van der Waals surface area contributed by atoms with E-state index in [1.807, 2.05) is 50.2 Å². The predicted molar refractivity (Wildman–Crippen MR) is 83.8 cm³/mol. The number of hydrogen-bond acceptors (Lipinski definition) is 3. The van der Waals surface area contributed by atoms with Crippen LogP contribution >= 0.6 is 0 Å². The SMILES string of the molecule is COCCOc1ccccc1C(O)c1ccc(C)cc1C. The van der Waals surface area contributed by atoms with Gasteiger partial charge in [0.05, 0.1) is 6.61 Å². The highest BCUT2D eigenvalue weighted by molar-refractivity contribution is 5.43. The highest BCUT2D eigenvalue weighted by Gasteiger charge is 2.17. The summed E-state index contributed by atoms with van der Waals surface area (Å²) in [5, 5.41) is 10.7. The molecule has 0 radical (unpaired) electrons. The van der Waals surface area contributed by atoms with Crippen LogP contribution in [0, 0.1) is 13.8 Å². The Bertz CT molecular complexity index is 593. The van der Waals surface area contributed by atoms with Crippen molar-refractivity contribution in [2.75, 3.05) is 20.3 Å². The minimum atomic E-state index is -0.690. The maximum Gasteiger partial charge on any atom is 0.125 e. The highest BCUT2D eigenvalue weighted by atomic mass is 16.5. The first-order chi connectivity index (χ1) is 10.1. The average Bonchev–Trinajstić information content (AvgIpc) is 2.47. The Hall–Kier alpha value is -1.84. The van der Waals surface area contributed by atoms with Gasteiger partial charge >= 0.3 is 0 Å². The number of aryl methyl sites for hydroxylation is 2. The number of aliphatic hydroxyl groups excluding tert-OH is 1. The molecule has 2 aromatic rings. The molecule has 0 amide bonds. The number of rotatable bonds is 6. The minimum Gasteiger partial charge on any atom is -0.491 e. The van der Waals surface area contributed by atoms with Crippen molar-refractivity contribution in [3.8, 4) is 5.75 Å². The highest BCUT2D eigenvalue weighted by Crippen LogP contribution is 2.31. The molecule has 2 rings (SSSR count). The van der Waals surface area contributed by atoms with Crippen molar-refractivity contribution in [2.45, 2.75) is 20.0 Å². The molecule has 3 nitrogen and oxygen atoms in total. The molecule has 0 saturated heterocycles. The summed E-state index contributed by atoms with van der Waals surface area (Å²) in [7, 11) is 1.64. The molecule has 0 fully saturated rings. The standard InChI is InChI=1S/C18H22O3/c1-13-8-9-15(14(2)12-13)18(19)16-6-4-5-7-17(16)21-11-10-20-3/h4-9,12,18-19H,10-11H2,1-3H3. The second-order valence-corrected chi connectivity index (χ2v) is 5.14. The number of hydrogen-bond donors (Lipinski definition) is 1. The van der Waals surface area contributed by atoms with Gasteiger partial charge in [-0.3, -0.25) is 0 Å². The lowest BCUT2D eigenvalue weighted by Gasteiger charge is -2.18. The fourth-order valence-corrected chi connectivity index (χ4v) is 2.37. The number of para-hydroxylation sites is 1. The first kappa shape index (κ1) is 15.5. The fraction of sp³-hybridized carbons (Fsp3) is 0.333. The number of aliphatic hydroxyl groups is 1. The summed E-state index contributed by atoms with van der Waals surface area (Å²) in [5.74, 6) is 0.696. The quantitative estimate of drug-likeness (QED) is 0.827. The second-order valence-electron chi connectivity index (χ2n) is 5.14. The Kier molecular flexibility index (Phi) is 5.37. The fourth-order valence-electron chi connectivity index (χ4n) is 2.37. The molecule has 0 aromatic heterocycles. The summed E-state index contributed by atoms with van der Waals surface area (Å²) in [6.07, 6.45) is -0.690. The van der Waals surface area contributed by atoms with Crippen LogP contribution in [0.15, 0.2) is 42.5 Å². The van der Waals surface area contributed by atoms with Crippen molar-refractivity contribution in [1.29, 1.82) is 0 Å². The van der Waals surface area contributed by atoms with E-state index < -0.39 is 6.10 Å². The Labute approximate surface area is 126 Å². The summed E-state index contributed by atoms with van der Waals surface area (Å²) >= 11 is 0. The van der Waals surface area contributed by atoms with Gasteiger partial charge in [-0.1, -0.05) is 42.0 Å². The first-order valence-corrected chi connectivity index (χ1v) is 7.09. The zero-order valence-corrected chi connectivity index (χ0v) is 12.8. The van der Waals surface area contributed by atoms with Crippen LogP contribution in [0.25, 0.3) is 0 Å². The zero-order valence-electron chi connectivity index (χ0n) is 12.8. The maximum absolute atomic E-state index is 10.7. The Morgan fingerprint density at radius 3 is 2.48 bits per heavy atom. The molecule has 1 unspecified atom stereocenters. The van der Waals surface area contributed by atoms with E-state index in [9.17, 15) is 5.11 Å². The zero-order chi connectivity index (χ0) is 15.2. The largest absolute Gasteiger partial charge is 0.491 e. The summed E-state index contributed by atoms with van der Waals surface area (Å²) < 4.78 is 10.7. The van der Waals surface area contributed by atoms with Gasteiger partial charge in [-0.15, -0.1) is 0 Å². The maximum atomic E-state index is 10.7. The summed E-state index contributed by atoms with van der Waals surface area (Å²) in [6, 6.07) is 13.6. The molecule has 112 valence electrons. The van der Waals surface area contributed by atoms with Crippen LogP contribution in [0.2, 0.25) is 0 Å². The van der Waals surface area contributed by atoms with Gasteiger partial charge in [0.1, 0.15) is 18.5 Å². The first-order valence-electron chi connectivity index (χ1n) is 7.09. The van der Waals surface area contributed by atoms with E-state index in [1.165, 1.54) is 5.56 Å². The average molecular weight is 286 g/mol. The predicted octanol–water partition coefficient (Wildman–Crippen LogP) is 3.41. The summed E-state index contributed by atoms with van der Waals surface area (Å²) in [5.41, 5.74) is 3.95. The van der Waals surface area contributed by atoms with E-state index in [2.05, 4.69) is 6.07 Å². The molecule has 3 heteroatoms. The molecule has 0 heterocycles. The number of ether oxygens (including phenoxy) is 2. The second kappa shape index (κ2) is 7.25. The summed E-state index contributed by atoms with van der Waals surface area (Å²) in [4.78, 5) is 0. The van der Waals surface area contributed by atoms with Crippen molar-refractivity contribution < 1.29 is 14.6 Å². The van der Waals surface area contributed by atoms with Crippen molar-refractivity contribution in [3.05, 3.63) is 64.7 Å². The van der Waals surface area contributed by atoms with E-state index in [4.69, 9.17) is 9.47 Å². The van der Waals surface area contributed by atoms with Crippen LogP contribution in [-0.2, 0) is 4.74 Å². The van der Waals surface area contributed by atoms with E-state index in [0.717, 1.165) is 16.7 Å². The van der Waals surface area contributed by atoms with Crippen LogP contribution in [0.4, 0.5) is 0 Å². The van der Waals surface area contributed by atoms with E-state index in [-0.39, 0.29) is 0 Å². The van der Waals surface area contributed by atoms with Gasteiger partial charge < -0.3 is 14.6 Å². The van der Waals surface area contributed by atoms with Gasteiger partial charge in [-0.25, -0.2) is 0 Å². The molecule has 0 bridgehead atoms. The Morgan fingerprint density at radius 1 is 1.00 bits per heavy atom. The van der Waals surface area contributed by atoms with Crippen LogP contribution in [0.5, 0.6) is 5.75 Å².